The lowest BCUT2D eigenvalue weighted by Gasteiger charge is -2.17. The first kappa shape index (κ1) is 13.9. The Bertz CT molecular complexity index is 1060. The minimum Gasteiger partial charge on any atom is -0.508 e. The summed E-state index contributed by atoms with van der Waals surface area (Å²) < 4.78 is 1.77. The number of hydrogen-bond acceptors (Lipinski definition) is 5. The number of phenolic OH excluding ortho intramolecular Hbond substituents is 1. The molecule has 4 aromatic rings. The zero-order chi connectivity index (χ0) is 16.3. The van der Waals surface area contributed by atoms with E-state index in [2.05, 4.69) is 17.0 Å². The molecular formula is C18H16N4OS. The summed E-state index contributed by atoms with van der Waals surface area (Å²) in [5, 5.41) is 15.2. The van der Waals surface area contributed by atoms with Crippen LogP contribution in [-0.2, 0) is 12.8 Å². The first-order valence-corrected chi connectivity index (χ1v) is 8.96. The van der Waals surface area contributed by atoms with Gasteiger partial charge in [0.2, 0.25) is 0 Å². The summed E-state index contributed by atoms with van der Waals surface area (Å²) in [4.78, 5) is 11.9. The summed E-state index contributed by atoms with van der Waals surface area (Å²) in [6.45, 7) is 2.31. The van der Waals surface area contributed by atoms with Crippen LogP contribution in [-0.4, -0.2) is 24.7 Å². The van der Waals surface area contributed by atoms with E-state index in [9.17, 15) is 5.11 Å². The fourth-order valence-electron chi connectivity index (χ4n) is 3.48. The molecule has 0 aliphatic heterocycles. The molecule has 0 spiro atoms. The Morgan fingerprint density at radius 1 is 1.25 bits per heavy atom. The molecule has 120 valence electrons. The molecule has 0 bridgehead atoms. The molecule has 3 aromatic heterocycles. The highest BCUT2D eigenvalue weighted by atomic mass is 32.1. The number of nitrogens with zero attached hydrogens (tertiary/aromatic N) is 4. The van der Waals surface area contributed by atoms with E-state index in [-0.39, 0.29) is 5.75 Å². The normalized spacial score (nSPS) is 17.5. The predicted octanol–water partition coefficient (Wildman–Crippen LogP) is 3.84. The molecule has 0 radical (unpaired) electrons. The zero-order valence-corrected chi connectivity index (χ0v) is 14.0. The van der Waals surface area contributed by atoms with Crippen LogP contribution in [0.2, 0.25) is 0 Å². The van der Waals surface area contributed by atoms with E-state index in [1.807, 2.05) is 12.1 Å². The second-order valence-corrected chi connectivity index (χ2v) is 7.61. The Morgan fingerprint density at radius 2 is 2.08 bits per heavy atom. The van der Waals surface area contributed by atoms with Crippen molar-refractivity contribution in [3.8, 4) is 17.1 Å². The number of aromatic hydroxyl groups is 1. The van der Waals surface area contributed by atoms with Crippen LogP contribution in [0.25, 0.3) is 27.3 Å². The van der Waals surface area contributed by atoms with Crippen molar-refractivity contribution in [2.45, 2.75) is 26.2 Å². The van der Waals surface area contributed by atoms with Crippen molar-refractivity contribution in [3.63, 3.8) is 0 Å². The maximum atomic E-state index is 9.46. The summed E-state index contributed by atoms with van der Waals surface area (Å²) >= 11 is 1.80. The van der Waals surface area contributed by atoms with Crippen LogP contribution in [0.4, 0.5) is 0 Å². The molecule has 1 aliphatic rings. The standard InChI is InChI=1S/C18H16N4OS/c1-10-2-7-14-13(8-10)15-17-20-16(11-3-5-12(23)6-4-11)21-22(17)9-19-18(15)24-14/h3-6,9-10,23H,2,7-8H2,1H3/t10-/m1/s1. The third kappa shape index (κ3) is 2.03. The first-order valence-electron chi connectivity index (χ1n) is 8.14. The van der Waals surface area contributed by atoms with Crippen molar-refractivity contribution in [1.29, 1.82) is 0 Å². The number of phenols is 1. The summed E-state index contributed by atoms with van der Waals surface area (Å²) in [6.07, 6.45) is 5.24. The van der Waals surface area contributed by atoms with Gasteiger partial charge in [-0.1, -0.05) is 6.92 Å². The van der Waals surface area contributed by atoms with Gasteiger partial charge in [-0.3, -0.25) is 0 Å². The van der Waals surface area contributed by atoms with Crippen molar-refractivity contribution in [3.05, 3.63) is 41.0 Å². The number of fused-ring (bicyclic) bond motifs is 5. The molecule has 1 N–H and O–H groups in total. The van der Waals surface area contributed by atoms with Crippen LogP contribution >= 0.6 is 11.3 Å². The van der Waals surface area contributed by atoms with E-state index >= 15 is 0 Å². The highest BCUT2D eigenvalue weighted by molar-refractivity contribution is 7.19. The average molecular weight is 336 g/mol. The van der Waals surface area contributed by atoms with Gasteiger partial charge < -0.3 is 5.11 Å². The van der Waals surface area contributed by atoms with Crippen molar-refractivity contribution < 1.29 is 5.11 Å². The number of thiophene rings is 1. The molecule has 6 heteroatoms. The van der Waals surface area contributed by atoms with Gasteiger partial charge in [0.05, 0.1) is 5.39 Å². The molecular weight excluding hydrogens is 320 g/mol. The fraction of sp³-hybridized carbons (Fsp3) is 0.278. The second kappa shape index (κ2) is 5.01. The van der Waals surface area contributed by atoms with E-state index in [1.54, 1.807) is 34.3 Å². The van der Waals surface area contributed by atoms with Crippen LogP contribution in [0, 0.1) is 5.92 Å². The number of aromatic nitrogens is 4. The maximum Gasteiger partial charge on any atom is 0.182 e. The van der Waals surface area contributed by atoms with Gasteiger partial charge in [0.15, 0.2) is 11.5 Å². The lowest BCUT2D eigenvalue weighted by Crippen LogP contribution is -2.09. The van der Waals surface area contributed by atoms with Crippen molar-refractivity contribution in [2.24, 2.45) is 5.92 Å². The van der Waals surface area contributed by atoms with E-state index < -0.39 is 0 Å². The molecule has 0 unspecified atom stereocenters. The van der Waals surface area contributed by atoms with Gasteiger partial charge in [0.25, 0.3) is 0 Å². The topological polar surface area (TPSA) is 63.3 Å². The Hall–Kier alpha value is -2.47. The second-order valence-electron chi connectivity index (χ2n) is 6.53. The van der Waals surface area contributed by atoms with Crippen molar-refractivity contribution in [1.82, 2.24) is 19.6 Å². The van der Waals surface area contributed by atoms with Gasteiger partial charge in [-0.15, -0.1) is 16.4 Å². The molecule has 0 fully saturated rings. The third-order valence-corrected chi connectivity index (χ3v) is 5.95. The number of hydrogen-bond donors (Lipinski definition) is 1. The number of aryl methyl sites for hydroxylation is 1. The Labute approximate surface area is 142 Å². The van der Waals surface area contributed by atoms with Crippen molar-refractivity contribution in [2.75, 3.05) is 0 Å². The van der Waals surface area contributed by atoms with E-state index in [0.717, 1.165) is 28.9 Å². The van der Waals surface area contributed by atoms with E-state index in [1.165, 1.54) is 22.2 Å². The van der Waals surface area contributed by atoms with E-state index in [0.29, 0.717) is 11.7 Å². The van der Waals surface area contributed by atoms with Gasteiger partial charge in [0, 0.05) is 10.4 Å². The highest BCUT2D eigenvalue weighted by Crippen LogP contribution is 2.38. The summed E-state index contributed by atoms with van der Waals surface area (Å²) in [7, 11) is 0. The minimum atomic E-state index is 0.243. The minimum absolute atomic E-state index is 0.243. The molecule has 1 atom stereocenters. The fourth-order valence-corrected chi connectivity index (χ4v) is 4.66. The SMILES string of the molecule is C[C@@H]1CCc2sc3ncn4nc(-c5ccc(O)cc5)nc4c3c2C1. The average Bonchev–Trinajstić information content (AvgIpc) is 3.15. The molecule has 0 saturated heterocycles. The maximum absolute atomic E-state index is 9.46. The molecule has 3 heterocycles. The lowest BCUT2D eigenvalue weighted by molar-refractivity contribution is 0.475. The number of benzene rings is 1. The van der Waals surface area contributed by atoms with Gasteiger partial charge >= 0.3 is 0 Å². The molecule has 5 nitrogen and oxygen atoms in total. The van der Waals surface area contributed by atoms with E-state index in [4.69, 9.17) is 4.98 Å². The molecule has 0 saturated carbocycles. The molecule has 0 amide bonds. The Morgan fingerprint density at radius 3 is 2.92 bits per heavy atom. The monoisotopic (exact) mass is 336 g/mol. The third-order valence-electron chi connectivity index (χ3n) is 4.75. The molecule has 1 aliphatic carbocycles. The summed E-state index contributed by atoms with van der Waals surface area (Å²) in [5.74, 6) is 1.61. The Balaban J connectivity index is 1.75. The van der Waals surface area contributed by atoms with Gasteiger partial charge in [-0.2, -0.15) is 0 Å². The van der Waals surface area contributed by atoms with Crippen LogP contribution in [0.5, 0.6) is 5.75 Å². The molecule has 5 rings (SSSR count). The summed E-state index contributed by atoms with van der Waals surface area (Å²) in [6, 6.07) is 6.98. The number of rotatable bonds is 1. The van der Waals surface area contributed by atoms with Crippen LogP contribution in [0.3, 0.4) is 0 Å². The van der Waals surface area contributed by atoms with Gasteiger partial charge in [-0.25, -0.2) is 14.5 Å². The smallest absolute Gasteiger partial charge is 0.182 e. The molecule has 24 heavy (non-hydrogen) atoms. The summed E-state index contributed by atoms with van der Waals surface area (Å²) in [5.41, 5.74) is 3.19. The molecule has 1 aromatic carbocycles. The van der Waals surface area contributed by atoms with Crippen LogP contribution in [0.15, 0.2) is 30.6 Å². The van der Waals surface area contributed by atoms with Crippen LogP contribution < -0.4 is 0 Å². The highest BCUT2D eigenvalue weighted by Gasteiger charge is 2.23. The zero-order valence-electron chi connectivity index (χ0n) is 13.2. The van der Waals surface area contributed by atoms with Crippen molar-refractivity contribution >= 4 is 27.2 Å². The van der Waals surface area contributed by atoms with Crippen LogP contribution in [0.1, 0.15) is 23.8 Å². The van der Waals surface area contributed by atoms with Gasteiger partial charge in [-0.05, 0) is 55.0 Å². The lowest BCUT2D eigenvalue weighted by atomic mass is 9.89. The van der Waals surface area contributed by atoms with Gasteiger partial charge in [0.1, 0.15) is 16.9 Å². The first-order chi connectivity index (χ1) is 11.7. The quantitative estimate of drug-likeness (QED) is 0.574. The largest absolute Gasteiger partial charge is 0.508 e. The Kier molecular flexibility index (Phi) is 2.91. The predicted molar refractivity (Wildman–Crippen MR) is 94.5 cm³/mol.